The molecule has 1 saturated heterocycles. The van der Waals surface area contributed by atoms with E-state index in [0.29, 0.717) is 49.7 Å². The molecule has 2 heterocycles. The van der Waals surface area contributed by atoms with E-state index in [1.807, 2.05) is 29.2 Å². The second-order valence-electron chi connectivity index (χ2n) is 8.24. The number of carbonyl (C=O) groups is 2. The smallest absolute Gasteiger partial charge is 0.407 e. The van der Waals surface area contributed by atoms with Crippen molar-refractivity contribution < 1.29 is 19.4 Å². The molecule has 1 aromatic rings. The molecular formula is C21H28N2O4. The van der Waals surface area contributed by atoms with Crippen LogP contribution in [0, 0.1) is 5.92 Å². The van der Waals surface area contributed by atoms with E-state index in [0.717, 1.165) is 6.54 Å². The van der Waals surface area contributed by atoms with E-state index in [1.54, 1.807) is 0 Å². The summed E-state index contributed by atoms with van der Waals surface area (Å²) in [6.45, 7) is 2.22. The summed E-state index contributed by atoms with van der Waals surface area (Å²) in [7, 11) is 0. The van der Waals surface area contributed by atoms with Crippen molar-refractivity contribution in [3.05, 3.63) is 29.8 Å². The number of ether oxygens (including phenoxy) is 1. The Hall–Kier alpha value is -2.24. The highest BCUT2D eigenvalue weighted by atomic mass is 16.5. The Labute approximate surface area is 160 Å². The van der Waals surface area contributed by atoms with Gasteiger partial charge < -0.3 is 19.6 Å². The fraction of sp³-hybridized carbons (Fsp3) is 0.619. The number of para-hydroxylation sites is 1. The largest absolute Gasteiger partial charge is 0.484 e. The van der Waals surface area contributed by atoms with Gasteiger partial charge in [0.1, 0.15) is 11.4 Å². The fourth-order valence-electron chi connectivity index (χ4n) is 4.78. The summed E-state index contributed by atoms with van der Waals surface area (Å²) in [6, 6.07) is 7.48. The highest BCUT2D eigenvalue weighted by Gasteiger charge is 2.44. The van der Waals surface area contributed by atoms with E-state index in [2.05, 4.69) is 0 Å². The van der Waals surface area contributed by atoms with Crippen LogP contribution in [0.1, 0.15) is 55.3 Å². The first kappa shape index (κ1) is 18.1. The Morgan fingerprint density at radius 3 is 2.56 bits per heavy atom. The summed E-state index contributed by atoms with van der Waals surface area (Å²) < 4.78 is 6.42. The monoisotopic (exact) mass is 372 g/mol. The van der Waals surface area contributed by atoms with Crippen molar-refractivity contribution in [2.75, 3.05) is 26.2 Å². The van der Waals surface area contributed by atoms with Gasteiger partial charge in [-0.3, -0.25) is 4.79 Å². The molecular weight excluding hydrogens is 344 g/mol. The molecule has 6 nitrogen and oxygen atoms in total. The van der Waals surface area contributed by atoms with E-state index in [-0.39, 0.29) is 5.91 Å². The van der Waals surface area contributed by atoms with Gasteiger partial charge in [0.15, 0.2) is 0 Å². The van der Waals surface area contributed by atoms with Crippen LogP contribution in [0.2, 0.25) is 0 Å². The molecule has 0 aromatic heterocycles. The number of nitrogens with zero attached hydrogens (tertiary/aromatic N) is 2. The molecule has 0 radical (unpaired) electrons. The molecule has 1 aromatic carbocycles. The lowest BCUT2D eigenvalue weighted by molar-refractivity contribution is -0.0143. The van der Waals surface area contributed by atoms with Crippen molar-refractivity contribution in [1.29, 1.82) is 0 Å². The van der Waals surface area contributed by atoms with Crippen LogP contribution in [0.5, 0.6) is 5.75 Å². The lowest BCUT2D eigenvalue weighted by Gasteiger charge is -2.42. The third kappa shape index (κ3) is 3.75. The Kier molecular flexibility index (Phi) is 4.98. The number of fused-ring (bicyclic) bond motifs is 1. The first-order valence-corrected chi connectivity index (χ1v) is 10.1. The molecule has 1 aliphatic carbocycles. The summed E-state index contributed by atoms with van der Waals surface area (Å²) in [5, 5.41) is 9.27. The minimum atomic E-state index is -0.881. The Morgan fingerprint density at radius 2 is 1.85 bits per heavy atom. The van der Waals surface area contributed by atoms with Crippen LogP contribution in [-0.2, 0) is 0 Å². The maximum Gasteiger partial charge on any atom is 0.407 e. The summed E-state index contributed by atoms with van der Waals surface area (Å²) in [4.78, 5) is 28.0. The van der Waals surface area contributed by atoms with Crippen LogP contribution >= 0.6 is 0 Å². The normalized spacial score (nSPS) is 22.9. The number of piperidine rings is 1. The van der Waals surface area contributed by atoms with Gasteiger partial charge in [0.05, 0.1) is 12.1 Å². The maximum absolute atomic E-state index is 13.3. The van der Waals surface area contributed by atoms with Crippen molar-refractivity contribution in [3.63, 3.8) is 0 Å². The zero-order chi connectivity index (χ0) is 18.9. The molecule has 0 atom stereocenters. The molecule has 0 unspecified atom stereocenters. The average molecular weight is 372 g/mol. The molecule has 1 saturated carbocycles. The summed E-state index contributed by atoms with van der Waals surface area (Å²) in [6.07, 6.45) is 6.51. The van der Waals surface area contributed by atoms with Crippen LogP contribution in [-0.4, -0.2) is 58.7 Å². The number of amides is 2. The quantitative estimate of drug-likeness (QED) is 0.861. The van der Waals surface area contributed by atoms with E-state index in [9.17, 15) is 14.7 Å². The fourth-order valence-corrected chi connectivity index (χ4v) is 4.78. The van der Waals surface area contributed by atoms with Crippen LogP contribution in [0.25, 0.3) is 0 Å². The highest BCUT2D eigenvalue weighted by Crippen LogP contribution is 2.36. The van der Waals surface area contributed by atoms with E-state index in [4.69, 9.17) is 4.74 Å². The molecule has 1 N–H and O–H groups in total. The van der Waals surface area contributed by atoms with Crippen LogP contribution in [0.4, 0.5) is 4.79 Å². The zero-order valence-electron chi connectivity index (χ0n) is 15.7. The predicted molar refractivity (Wildman–Crippen MR) is 101 cm³/mol. The minimum Gasteiger partial charge on any atom is -0.484 e. The summed E-state index contributed by atoms with van der Waals surface area (Å²) >= 11 is 0. The summed E-state index contributed by atoms with van der Waals surface area (Å²) in [5.74, 6) is 1.25. The SMILES string of the molecule is O=C(O)N1CCC2(CC1)CN(CC1CCCCC1)C(=O)c1ccccc1O2. The maximum atomic E-state index is 13.3. The molecule has 3 aliphatic rings. The van der Waals surface area contributed by atoms with E-state index >= 15 is 0 Å². The molecule has 2 fully saturated rings. The number of hydrogen-bond acceptors (Lipinski definition) is 3. The van der Waals surface area contributed by atoms with Crippen LogP contribution in [0.3, 0.4) is 0 Å². The number of carbonyl (C=O) groups excluding carboxylic acids is 1. The Bertz CT molecular complexity index is 706. The van der Waals surface area contributed by atoms with E-state index in [1.165, 1.54) is 37.0 Å². The van der Waals surface area contributed by atoms with Gasteiger partial charge in [0, 0.05) is 32.5 Å². The van der Waals surface area contributed by atoms with Crippen molar-refractivity contribution >= 4 is 12.0 Å². The second-order valence-corrected chi connectivity index (χ2v) is 8.24. The molecule has 27 heavy (non-hydrogen) atoms. The van der Waals surface area contributed by atoms with E-state index < -0.39 is 11.7 Å². The van der Waals surface area contributed by atoms with Gasteiger partial charge in [-0.1, -0.05) is 31.4 Å². The highest BCUT2D eigenvalue weighted by molar-refractivity contribution is 5.97. The first-order valence-electron chi connectivity index (χ1n) is 10.1. The van der Waals surface area contributed by atoms with Crippen molar-refractivity contribution in [1.82, 2.24) is 9.80 Å². The standard InChI is InChI=1S/C21H28N2O4/c24-19-17-8-4-5-9-18(17)27-21(10-12-22(13-11-21)20(25)26)15-23(19)14-16-6-2-1-3-7-16/h4-5,8-9,16H,1-3,6-7,10-15H2,(H,25,26). The van der Waals surface area contributed by atoms with Crippen molar-refractivity contribution in [2.24, 2.45) is 5.92 Å². The molecule has 6 heteroatoms. The second kappa shape index (κ2) is 7.41. The Balaban J connectivity index is 1.59. The van der Waals surface area contributed by atoms with Crippen LogP contribution in [0.15, 0.2) is 24.3 Å². The predicted octanol–water partition coefficient (Wildman–Crippen LogP) is 3.61. The van der Waals surface area contributed by atoms with Gasteiger partial charge in [0.25, 0.3) is 5.91 Å². The van der Waals surface area contributed by atoms with Gasteiger partial charge in [-0.05, 0) is 30.9 Å². The first-order chi connectivity index (χ1) is 13.1. The number of hydrogen-bond donors (Lipinski definition) is 1. The number of likely N-dealkylation sites (tertiary alicyclic amines) is 1. The van der Waals surface area contributed by atoms with Gasteiger partial charge in [0.2, 0.25) is 0 Å². The third-order valence-electron chi connectivity index (χ3n) is 6.36. The molecule has 1 spiro atoms. The molecule has 0 bridgehead atoms. The van der Waals surface area contributed by atoms with Crippen molar-refractivity contribution in [2.45, 2.75) is 50.5 Å². The lowest BCUT2D eigenvalue weighted by atomic mass is 9.87. The lowest BCUT2D eigenvalue weighted by Crippen LogP contribution is -2.55. The number of carboxylic acid groups (broad SMARTS) is 1. The van der Waals surface area contributed by atoms with Gasteiger partial charge >= 0.3 is 6.09 Å². The zero-order valence-corrected chi connectivity index (χ0v) is 15.7. The molecule has 2 aliphatic heterocycles. The summed E-state index contributed by atoms with van der Waals surface area (Å²) in [5.41, 5.74) is 0.133. The minimum absolute atomic E-state index is 0.0497. The molecule has 4 rings (SSSR count). The van der Waals surface area contributed by atoms with Crippen molar-refractivity contribution in [3.8, 4) is 5.75 Å². The molecule has 2 amide bonds. The van der Waals surface area contributed by atoms with Crippen LogP contribution < -0.4 is 4.74 Å². The topological polar surface area (TPSA) is 70.1 Å². The average Bonchev–Trinajstić information content (AvgIpc) is 2.78. The molecule has 146 valence electrons. The van der Waals surface area contributed by atoms with Gasteiger partial charge in [-0.25, -0.2) is 4.79 Å². The number of rotatable bonds is 2. The van der Waals surface area contributed by atoms with Gasteiger partial charge in [-0.15, -0.1) is 0 Å². The Morgan fingerprint density at radius 1 is 1.15 bits per heavy atom. The number of benzene rings is 1. The third-order valence-corrected chi connectivity index (χ3v) is 6.36. The van der Waals surface area contributed by atoms with Gasteiger partial charge in [-0.2, -0.15) is 0 Å².